The van der Waals surface area contributed by atoms with Crippen molar-refractivity contribution >= 4 is 16.9 Å². The molecule has 0 N–H and O–H groups in total. The Labute approximate surface area is 160 Å². The minimum atomic E-state index is -0.432. The third-order valence-corrected chi connectivity index (χ3v) is 4.48. The maximum Gasteiger partial charge on any atom is 0.306 e. The highest BCUT2D eigenvalue weighted by Gasteiger charge is 2.28. The van der Waals surface area contributed by atoms with Gasteiger partial charge in [-0.25, -0.2) is 0 Å². The lowest BCUT2D eigenvalue weighted by Gasteiger charge is -2.20. The van der Waals surface area contributed by atoms with Gasteiger partial charge in [-0.15, -0.1) is 0 Å². The Bertz CT molecular complexity index is 1010. The normalized spacial score (nSPS) is 11.1. The van der Waals surface area contributed by atoms with Crippen LogP contribution in [0.5, 0.6) is 0 Å². The van der Waals surface area contributed by atoms with Crippen molar-refractivity contribution in [2.75, 3.05) is 6.61 Å². The summed E-state index contributed by atoms with van der Waals surface area (Å²) in [5.74, 6) is 6.95. The number of hydrogen-bond acceptors (Lipinski definition) is 3. The fraction of sp³-hybridized carbons (Fsp3) is 0.292. The van der Waals surface area contributed by atoms with E-state index in [-0.39, 0.29) is 12.4 Å². The molecule has 3 aromatic rings. The fourth-order valence-corrected chi connectivity index (χ4v) is 2.90. The van der Waals surface area contributed by atoms with Crippen LogP contribution in [0.15, 0.2) is 52.9 Å². The van der Waals surface area contributed by atoms with Crippen molar-refractivity contribution in [3.63, 3.8) is 0 Å². The molecule has 27 heavy (non-hydrogen) atoms. The van der Waals surface area contributed by atoms with Gasteiger partial charge in [0.2, 0.25) is 0 Å². The molecule has 3 rings (SSSR count). The van der Waals surface area contributed by atoms with Gasteiger partial charge in [-0.2, -0.15) is 0 Å². The van der Waals surface area contributed by atoms with Gasteiger partial charge in [-0.05, 0) is 50.2 Å². The smallest absolute Gasteiger partial charge is 0.306 e. The van der Waals surface area contributed by atoms with Crippen molar-refractivity contribution in [3.8, 4) is 11.8 Å². The van der Waals surface area contributed by atoms with Crippen molar-refractivity contribution in [2.45, 2.75) is 39.5 Å². The lowest BCUT2D eigenvalue weighted by molar-refractivity contribution is -0.144. The average Bonchev–Trinajstić information content (AvgIpc) is 3.05. The van der Waals surface area contributed by atoms with Crippen LogP contribution in [-0.2, 0) is 14.9 Å². The molecule has 0 radical (unpaired) electrons. The van der Waals surface area contributed by atoms with Gasteiger partial charge in [0, 0.05) is 21.9 Å². The summed E-state index contributed by atoms with van der Waals surface area (Å²) in [6.45, 7) is 8.23. The number of carbonyl (C=O) groups excluding carboxylic acids is 1. The fourth-order valence-electron chi connectivity index (χ4n) is 2.90. The van der Waals surface area contributed by atoms with Crippen LogP contribution in [0.3, 0.4) is 0 Å². The molecular weight excluding hydrogens is 336 g/mol. The number of ether oxygens (including phenoxy) is 1. The molecule has 2 aromatic carbocycles. The van der Waals surface area contributed by atoms with Crippen LogP contribution in [0, 0.1) is 18.8 Å². The first kappa shape index (κ1) is 18.8. The maximum absolute atomic E-state index is 11.9. The van der Waals surface area contributed by atoms with Gasteiger partial charge in [-0.3, -0.25) is 4.79 Å². The summed E-state index contributed by atoms with van der Waals surface area (Å²) in [6, 6.07) is 16.1. The molecule has 3 nitrogen and oxygen atoms in total. The molecule has 1 heterocycles. The quantitative estimate of drug-likeness (QED) is 0.464. The number of benzene rings is 2. The highest BCUT2D eigenvalue weighted by Crippen LogP contribution is 2.32. The molecule has 0 bridgehead atoms. The summed E-state index contributed by atoms with van der Waals surface area (Å²) < 4.78 is 11.1. The van der Waals surface area contributed by atoms with Crippen molar-refractivity contribution in [2.24, 2.45) is 0 Å². The van der Waals surface area contributed by atoms with Crippen LogP contribution in [0.2, 0.25) is 0 Å². The Morgan fingerprint density at radius 3 is 2.41 bits per heavy atom. The predicted octanol–water partition coefficient (Wildman–Crippen LogP) is 5.37. The molecule has 0 aliphatic carbocycles. The SMILES string of the molecule is CCOC(=O)CC(C)(C)c1cc2cc(C#Cc3ccc(C)cc3)ccc2o1. The summed E-state index contributed by atoms with van der Waals surface area (Å²) in [6.07, 6.45) is 0.279. The number of aryl methyl sites for hydroxylation is 1. The first-order valence-corrected chi connectivity index (χ1v) is 9.16. The second-order valence-electron chi connectivity index (χ2n) is 7.34. The van der Waals surface area contributed by atoms with Gasteiger partial charge in [0.05, 0.1) is 13.0 Å². The number of esters is 1. The zero-order valence-electron chi connectivity index (χ0n) is 16.3. The highest BCUT2D eigenvalue weighted by molar-refractivity contribution is 5.80. The van der Waals surface area contributed by atoms with Crippen LogP contribution in [0.4, 0.5) is 0 Å². The van der Waals surface area contributed by atoms with Crippen molar-refractivity contribution in [1.82, 2.24) is 0 Å². The van der Waals surface area contributed by atoms with E-state index >= 15 is 0 Å². The Balaban J connectivity index is 1.85. The van der Waals surface area contributed by atoms with E-state index in [1.165, 1.54) is 5.56 Å². The predicted molar refractivity (Wildman–Crippen MR) is 108 cm³/mol. The first-order chi connectivity index (χ1) is 12.9. The third-order valence-electron chi connectivity index (χ3n) is 4.48. The summed E-state index contributed by atoms with van der Waals surface area (Å²) in [4.78, 5) is 11.9. The minimum Gasteiger partial charge on any atom is -0.466 e. The van der Waals surface area contributed by atoms with Crippen LogP contribution < -0.4 is 0 Å². The molecule has 0 spiro atoms. The Morgan fingerprint density at radius 2 is 1.70 bits per heavy atom. The van der Waals surface area contributed by atoms with E-state index in [0.717, 1.165) is 27.9 Å². The van der Waals surface area contributed by atoms with E-state index in [1.807, 2.05) is 57.2 Å². The number of rotatable bonds is 4. The molecule has 0 atom stereocenters. The number of carbonyl (C=O) groups is 1. The van der Waals surface area contributed by atoms with Crippen molar-refractivity contribution in [1.29, 1.82) is 0 Å². The second-order valence-corrected chi connectivity index (χ2v) is 7.34. The Morgan fingerprint density at radius 1 is 1.04 bits per heavy atom. The topological polar surface area (TPSA) is 39.4 Å². The van der Waals surface area contributed by atoms with Gasteiger partial charge >= 0.3 is 5.97 Å². The van der Waals surface area contributed by atoms with E-state index < -0.39 is 5.41 Å². The minimum absolute atomic E-state index is 0.215. The van der Waals surface area contributed by atoms with Gasteiger partial charge in [0.25, 0.3) is 0 Å². The van der Waals surface area contributed by atoms with E-state index in [1.54, 1.807) is 0 Å². The van der Waals surface area contributed by atoms with Crippen LogP contribution in [-0.4, -0.2) is 12.6 Å². The molecular formula is C24H24O3. The summed E-state index contributed by atoms with van der Waals surface area (Å²) in [5, 5.41) is 0.984. The molecule has 0 unspecified atom stereocenters. The summed E-state index contributed by atoms with van der Waals surface area (Å²) in [7, 11) is 0. The van der Waals surface area contributed by atoms with Crippen molar-refractivity contribution < 1.29 is 13.9 Å². The molecule has 0 aliphatic rings. The van der Waals surface area contributed by atoms with Crippen LogP contribution in [0.25, 0.3) is 11.0 Å². The van der Waals surface area contributed by atoms with Gasteiger partial charge in [0.15, 0.2) is 0 Å². The molecule has 0 saturated carbocycles. The van der Waals surface area contributed by atoms with Gasteiger partial charge in [0.1, 0.15) is 11.3 Å². The molecule has 0 fully saturated rings. The van der Waals surface area contributed by atoms with E-state index in [9.17, 15) is 4.79 Å². The Kier molecular flexibility index (Phi) is 5.37. The summed E-state index contributed by atoms with van der Waals surface area (Å²) >= 11 is 0. The van der Waals surface area contributed by atoms with Gasteiger partial charge < -0.3 is 9.15 Å². The van der Waals surface area contributed by atoms with E-state index in [4.69, 9.17) is 9.15 Å². The van der Waals surface area contributed by atoms with Crippen molar-refractivity contribution in [3.05, 3.63) is 71.0 Å². The highest BCUT2D eigenvalue weighted by atomic mass is 16.5. The zero-order chi connectivity index (χ0) is 19.4. The molecule has 138 valence electrons. The summed E-state index contributed by atoms with van der Waals surface area (Å²) in [5.41, 5.74) is 3.50. The third kappa shape index (κ3) is 4.60. The number of hydrogen-bond donors (Lipinski definition) is 0. The largest absolute Gasteiger partial charge is 0.466 e. The Hall–Kier alpha value is -2.99. The zero-order valence-corrected chi connectivity index (χ0v) is 16.3. The molecule has 0 amide bonds. The molecule has 0 saturated heterocycles. The number of furan rings is 1. The van der Waals surface area contributed by atoms with Gasteiger partial charge in [-0.1, -0.05) is 43.4 Å². The van der Waals surface area contributed by atoms with E-state index in [2.05, 4.69) is 30.9 Å². The first-order valence-electron chi connectivity index (χ1n) is 9.16. The standard InChI is InChI=1S/C24H24O3/c1-5-26-23(25)16-24(3,4)22-15-20-14-19(12-13-21(20)27-22)11-10-18-8-6-17(2)7-9-18/h6-9,12-15H,5,16H2,1-4H3. The lowest BCUT2D eigenvalue weighted by Crippen LogP contribution is -2.22. The second kappa shape index (κ2) is 7.72. The van der Waals surface area contributed by atoms with Crippen LogP contribution in [0.1, 0.15) is 49.6 Å². The molecule has 1 aromatic heterocycles. The average molecular weight is 360 g/mol. The van der Waals surface area contributed by atoms with Crippen LogP contribution >= 0.6 is 0 Å². The maximum atomic E-state index is 11.9. The lowest BCUT2D eigenvalue weighted by atomic mass is 9.86. The monoisotopic (exact) mass is 360 g/mol. The van der Waals surface area contributed by atoms with E-state index in [0.29, 0.717) is 6.61 Å². The number of fused-ring (bicyclic) bond motifs is 1. The molecule has 3 heteroatoms. The molecule has 0 aliphatic heterocycles.